The molecule has 1 fully saturated rings. The van der Waals surface area contributed by atoms with Crippen LogP contribution in [0.15, 0.2) is 66.7 Å². The van der Waals surface area contributed by atoms with Crippen LogP contribution in [0.2, 0.25) is 0 Å². The summed E-state index contributed by atoms with van der Waals surface area (Å²) in [4.78, 5) is 19.2. The molecule has 29 heavy (non-hydrogen) atoms. The van der Waals surface area contributed by atoms with Crippen LogP contribution in [0.4, 0.5) is 17.2 Å². The summed E-state index contributed by atoms with van der Waals surface area (Å²) in [5.74, 6) is 0.749. The Labute approximate surface area is 170 Å². The van der Waals surface area contributed by atoms with E-state index in [0.29, 0.717) is 18.8 Å². The van der Waals surface area contributed by atoms with Crippen molar-refractivity contribution in [1.82, 2.24) is 15.1 Å². The molecule has 0 N–H and O–H groups in total. The van der Waals surface area contributed by atoms with Crippen LogP contribution >= 0.6 is 0 Å². The number of hydrogen-bond donors (Lipinski definition) is 0. The largest absolute Gasteiger partial charge is 0.368 e. The van der Waals surface area contributed by atoms with Crippen molar-refractivity contribution in [3.63, 3.8) is 0 Å². The predicted octanol–water partition coefficient (Wildman–Crippen LogP) is 3.13. The van der Waals surface area contributed by atoms with E-state index in [-0.39, 0.29) is 5.91 Å². The first-order valence-corrected chi connectivity index (χ1v) is 10.1. The van der Waals surface area contributed by atoms with E-state index in [2.05, 4.69) is 50.3 Å². The van der Waals surface area contributed by atoms with Crippen LogP contribution < -0.4 is 9.80 Å². The van der Waals surface area contributed by atoms with Gasteiger partial charge in [-0.15, -0.1) is 10.2 Å². The van der Waals surface area contributed by atoms with E-state index < -0.39 is 0 Å². The third-order valence-electron chi connectivity index (χ3n) is 5.72. The molecule has 2 aliphatic rings. The number of nitrogens with zero attached hydrogens (tertiary/aromatic N) is 5. The van der Waals surface area contributed by atoms with Gasteiger partial charge in [0.25, 0.3) is 5.91 Å². The quantitative estimate of drug-likeness (QED) is 0.693. The van der Waals surface area contributed by atoms with Crippen LogP contribution in [-0.4, -0.2) is 53.7 Å². The van der Waals surface area contributed by atoms with E-state index in [1.165, 1.54) is 16.9 Å². The molecule has 2 aliphatic heterocycles. The smallest absolute Gasteiger partial charge is 0.274 e. The predicted molar refractivity (Wildman–Crippen MR) is 114 cm³/mol. The first-order chi connectivity index (χ1) is 14.3. The number of carbonyl (C=O) groups is 1. The Kier molecular flexibility index (Phi) is 4.60. The molecule has 1 amide bonds. The summed E-state index contributed by atoms with van der Waals surface area (Å²) in [5.41, 5.74) is 4.12. The van der Waals surface area contributed by atoms with Crippen molar-refractivity contribution in [2.45, 2.75) is 6.42 Å². The second kappa shape index (κ2) is 7.54. The lowest BCUT2D eigenvalue weighted by atomic mass is 10.2. The lowest BCUT2D eigenvalue weighted by Gasteiger charge is -2.35. The standard InChI is InChI=1S/C23H23N5O/c29-23(27-16-14-26(15-17-27)19-7-2-1-3-8-19)20-10-11-22(25-24-20)28-13-12-18-6-4-5-9-21(18)28/h1-11H,12-17H2. The molecule has 6 heteroatoms. The molecule has 0 atom stereocenters. The van der Waals surface area contributed by atoms with Gasteiger partial charge in [-0.2, -0.15) is 0 Å². The highest BCUT2D eigenvalue weighted by atomic mass is 16.2. The number of para-hydroxylation sites is 2. The minimum atomic E-state index is -0.0430. The molecule has 6 nitrogen and oxygen atoms in total. The molecule has 0 unspecified atom stereocenters. The zero-order chi connectivity index (χ0) is 19.6. The maximum Gasteiger partial charge on any atom is 0.274 e. The monoisotopic (exact) mass is 385 g/mol. The van der Waals surface area contributed by atoms with Crippen molar-refractivity contribution in [2.75, 3.05) is 42.5 Å². The second-order valence-corrected chi connectivity index (χ2v) is 7.42. The maximum absolute atomic E-state index is 12.9. The Hall–Kier alpha value is -3.41. The number of piperazine rings is 1. The minimum absolute atomic E-state index is 0.0430. The molecule has 0 spiro atoms. The van der Waals surface area contributed by atoms with Gasteiger partial charge in [0.05, 0.1) is 0 Å². The third kappa shape index (κ3) is 3.42. The van der Waals surface area contributed by atoms with Crippen molar-refractivity contribution >= 4 is 23.1 Å². The molecule has 1 saturated heterocycles. The van der Waals surface area contributed by atoms with Gasteiger partial charge in [0.2, 0.25) is 0 Å². The summed E-state index contributed by atoms with van der Waals surface area (Å²) in [5, 5.41) is 8.61. The first-order valence-electron chi connectivity index (χ1n) is 10.1. The van der Waals surface area contributed by atoms with E-state index in [9.17, 15) is 4.79 Å². The SMILES string of the molecule is O=C(c1ccc(N2CCc3ccccc32)nn1)N1CCN(c2ccccc2)CC1. The summed E-state index contributed by atoms with van der Waals surface area (Å²) in [6.45, 7) is 3.92. The molecule has 1 aromatic heterocycles. The van der Waals surface area contributed by atoms with Crippen LogP contribution in [0.1, 0.15) is 16.1 Å². The van der Waals surface area contributed by atoms with Crippen LogP contribution in [-0.2, 0) is 6.42 Å². The Morgan fingerprint density at radius 1 is 0.759 bits per heavy atom. The van der Waals surface area contributed by atoms with Gasteiger partial charge in [-0.1, -0.05) is 36.4 Å². The Morgan fingerprint density at radius 3 is 2.28 bits per heavy atom. The van der Waals surface area contributed by atoms with Crippen LogP contribution in [0.25, 0.3) is 0 Å². The normalized spacial score (nSPS) is 16.1. The van der Waals surface area contributed by atoms with Crippen LogP contribution in [0, 0.1) is 0 Å². The third-order valence-corrected chi connectivity index (χ3v) is 5.72. The fraction of sp³-hybridized carbons (Fsp3) is 0.261. The van der Waals surface area contributed by atoms with Gasteiger partial charge in [-0.3, -0.25) is 4.79 Å². The Balaban J connectivity index is 1.25. The van der Waals surface area contributed by atoms with Crippen LogP contribution in [0.3, 0.4) is 0 Å². The number of amides is 1. The molecule has 0 bridgehead atoms. The summed E-state index contributed by atoms with van der Waals surface area (Å²) < 4.78 is 0. The average molecular weight is 385 g/mol. The topological polar surface area (TPSA) is 52.6 Å². The van der Waals surface area contributed by atoms with Gasteiger partial charge in [0, 0.05) is 44.1 Å². The van der Waals surface area contributed by atoms with Gasteiger partial charge in [0.1, 0.15) is 0 Å². The van der Waals surface area contributed by atoms with Crippen molar-refractivity contribution in [2.24, 2.45) is 0 Å². The molecule has 3 heterocycles. The molecular formula is C23H23N5O. The molecule has 5 rings (SSSR count). The van der Waals surface area contributed by atoms with E-state index in [0.717, 1.165) is 31.9 Å². The minimum Gasteiger partial charge on any atom is -0.368 e. The summed E-state index contributed by atoms with van der Waals surface area (Å²) >= 11 is 0. The fourth-order valence-electron chi connectivity index (χ4n) is 4.13. The van der Waals surface area contributed by atoms with Crippen molar-refractivity contribution < 1.29 is 4.79 Å². The number of rotatable bonds is 3. The lowest BCUT2D eigenvalue weighted by Crippen LogP contribution is -2.49. The Bertz CT molecular complexity index is 997. The molecule has 3 aromatic rings. The average Bonchev–Trinajstić information content (AvgIpc) is 3.24. The number of carbonyl (C=O) groups excluding carboxylic acids is 1. The second-order valence-electron chi connectivity index (χ2n) is 7.42. The van der Waals surface area contributed by atoms with Gasteiger partial charge >= 0.3 is 0 Å². The van der Waals surface area contributed by atoms with Gasteiger partial charge in [0.15, 0.2) is 11.5 Å². The maximum atomic E-state index is 12.9. The fourth-order valence-corrected chi connectivity index (χ4v) is 4.13. The van der Waals surface area contributed by atoms with E-state index in [1.807, 2.05) is 35.2 Å². The number of anilines is 3. The molecule has 146 valence electrons. The van der Waals surface area contributed by atoms with E-state index >= 15 is 0 Å². The zero-order valence-electron chi connectivity index (χ0n) is 16.2. The first kappa shape index (κ1) is 17.7. The number of hydrogen-bond acceptors (Lipinski definition) is 5. The van der Waals surface area contributed by atoms with Crippen molar-refractivity contribution in [1.29, 1.82) is 0 Å². The molecule has 0 saturated carbocycles. The van der Waals surface area contributed by atoms with Crippen LogP contribution in [0.5, 0.6) is 0 Å². The Morgan fingerprint density at radius 2 is 1.52 bits per heavy atom. The van der Waals surface area contributed by atoms with E-state index in [1.54, 1.807) is 6.07 Å². The van der Waals surface area contributed by atoms with Gasteiger partial charge in [-0.25, -0.2) is 0 Å². The van der Waals surface area contributed by atoms with Crippen molar-refractivity contribution in [3.05, 3.63) is 78.0 Å². The molecular weight excluding hydrogens is 362 g/mol. The van der Waals surface area contributed by atoms with Gasteiger partial charge in [-0.05, 0) is 42.3 Å². The van der Waals surface area contributed by atoms with E-state index in [4.69, 9.17) is 0 Å². The summed E-state index contributed by atoms with van der Waals surface area (Å²) in [6.07, 6.45) is 1.00. The lowest BCUT2D eigenvalue weighted by molar-refractivity contribution is 0.0739. The number of fused-ring (bicyclic) bond motifs is 1. The summed E-state index contributed by atoms with van der Waals surface area (Å²) in [6, 6.07) is 22.4. The number of aromatic nitrogens is 2. The highest BCUT2D eigenvalue weighted by Gasteiger charge is 2.25. The summed E-state index contributed by atoms with van der Waals surface area (Å²) in [7, 11) is 0. The highest BCUT2D eigenvalue weighted by Crippen LogP contribution is 2.32. The number of benzene rings is 2. The molecule has 0 aliphatic carbocycles. The van der Waals surface area contributed by atoms with Crippen molar-refractivity contribution in [3.8, 4) is 0 Å². The molecule has 2 aromatic carbocycles. The molecule has 0 radical (unpaired) electrons. The van der Waals surface area contributed by atoms with Gasteiger partial charge < -0.3 is 14.7 Å². The zero-order valence-corrected chi connectivity index (χ0v) is 16.2. The highest BCUT2D eigenvalue weighted by molar-refractivity contribution is 5.92.